The number of carbonyl (C=O) groups is 6. The average molecular weight is 832 g/mol. The number of aliphatic hydroxyl groups is 1. The number of aliphatic hydroxyl groups excluding tert-OH is 1. The number of pyridine rings is 1. The summed E-state index contributed by atoms with van der Waals surface area (Å²) in [6.45, 7) is 8.92. The summed E-state index contributed by atoms with van der Waals surface area (Å²) in [7, 11) is 0. The normalized spacial score (nSPS) is 12.7. The Kier molecular flexibility index (Phi) is 17.0. The molecule has 0 aliphatic heterocycles. The number of aromatic nitrogens is 1. The lowest BCUT2D eigenvalue weighted by Gasteiger charge is -2.27. The first-order valence-electron chi connectivity index (χ1n) is 18.8. The van der Waals surface area contributed by atoms with Crippen LogP contribution in [0.4, 0.5) is 28.4 Å². The van der Waals surface area contributed by atoms with E-state index < -0.39 is 90.3 Å². The molecule has 0 bridgehead atoms. The van der Waals surface area contributed by atoms with E-state index >= 15 is 0 Å². The molecule has 19 heteroatoms. The van der Waals surface area contributed by atoms with Gasteiger partial charge in [-0.05, 0) is 71.4 Å². The first-order valence-corrected chi connectivity index (χ1v) is 18.8. The van der Waals surface area contributed by atoms with Gasteiger partial charge in [0.1, 0.15) is 23.3 Å². The monoisotopic (exact) mass is 831 g/mol. The standard InChI is InChI=1S/C40H52F3N7O9/c1-38(2,3)58-36(56)44-16-18-50(19-17-45-37(57)59-39(4,5)6)33(53)23-31(48-32(52)15-20-51)35(55)49-30(21-25-11-13-27(14-12-25)40(41,42)43)34(54)47-28-22-26-9-7-8-10-29(26)46-24-28/h7-14,22,24,30-31,51H,15-21,23H2,1-6H3,(H,44,56)(H,45,57)(H,47,54)(H,48,52)(H,49,55)/t30-,31-/m0/s1. The van der Waals surface area contributed by atoms with E-state index in [0.29, 0.717) is 10.9 Å². The van der Waals surface area contributed by atoms with Gasteiger partial charge in [-0.2, -0.15) is 13.2 Å². The quantitative estimate of drug-likeness (QED) is 0.115. The van der Waals surface area contributed by atoms with Gasteiger partial charge < -0.3 is 46.1 Å². The molecule has 0 radical (unpaired) electrons. The third kappa shape index (κ3) is 17.2. The van der Waals surface area contributed by atoms with E-state index in [1.54, 1.807) is 71.9 Å². The fourth-order valence-corrected chi connectivity index (χ4v) is 5.37. The minimum atomic E-state index is -4.62. The number of para-hydroxylation sites is 1. The minimum absolute atomic E-state index is 0.111. The molecule has 1 heterocycles. The van der Waals surface area contributed by atoms with Crippen LogP contribution < -0.4 is 26.6 Å². The number of ether oxygens (including phenoxy) is 2. The summed E-state index contributed by atoms with van der Waals surface area (Å²) in [6, 6.07) is 9.61. The number of amides is 6. The number of hydrogen-bond donors (Lipinski definition) is 6. The van der Waals surface area contributed by atoms with Gasteiger partial charge in [0.15, 0.2) is 0 Å². The zero-order valence-electron chi connectivity index (χ0n) is 33.8. The molecule has 6 N–H and O–H groups in total. The molecule has 1 aromatic heterocycles. The predicted octanol–water partition coefficient (Wildman–Crippen LogP) is 4.05. The van der Waals surface area contributed by atoms with Crippen molar-refractivity contribution in [2.24, 2.45) is 0 Å². The third-order valence-electron chi connectivity index (χ3n) is 8.03. The SMILES string of the molecule is CC(C)(C)OC(=O)NCCN(CCNC(=O)OC(C)(C)C)C(=O)C[C@H](NC(=O)CCO)C(=O)N[C@@H](Cc1ccc(C(F)(F)F)cc1)C(=O)Nc1cnc2ccccc2c1. The molecule has 3 aromatic rings. The lowest BCUT2D eigenvalue weighted by Crippen LogP contribution is -2.55. The van der Waals surface area contributed by atoms with Crippen molar-refractivity contribution < 1.29 is 56.5 Å². The average Bonchev–Trinajstić information content (AvgIpc) is 3.12. The van der Waals surface area contributed by atoms with Gasteiger partial charge in [0.25, 0.3) is 0 Å². The van der Waals surface area contributed by atoms with Crippen LogP contribution in [0, 0.1) is 0 Å². The highest BCUT2D eigenvalue weighted by molar-refractivity contribution is 6.00. The third-order valence-corrected chi connectivity index (χ3v) is 8.03. The summed E-state index contributed by atoms with van der Waals surface area (Å²) in [5.74, 6) is -3.33. The number of nitrogens with one attached hydrogen (secondary N) is 5. The summed E-state index contributed by atoms with van der Waals surface area (Å²) >= 11 is 0. The van der Waals surface area contributed by atoms with Gasteiger partial charge in [-0.15, -0.1) is 0 Å². The number of nitrogens with zero attached hydrogens (tertiary/aromatic N) is 2. The number of rotatable bonds is 17. The Morgan fingerprint density at radius 3 is 1.90 bits per heavy atom. The maximum atomic E-state index is 14.0. The van der Waals surface area contributed by atoms with Crippen molar-refractivity contribution in [2.45, 2.75) is 90.3 Å². The van der Waals surface area contributed by atoms with Gasteiger partial charge in [-0.1, -0.05) is 30.3 Å². The Morgan fingerprint density at radius 2 is 1.36 bits per heavy atom. The molecule has 16 nitrogen and oxygen atoms in total. The van der Waals surface area contributed by atoms with Crippen LogP contribution in [0.5, 0.6) is 0 Å². The zero-order valence-corrected chi connectivity index (χ0v) is 33.8. The van der Waals surface area contributed by atoms with E-state index in [2.05, 4.69) is 31.6 Å². The lowest BCUT2D eigenvalue weighted by molar-refractivity contribution is -0.138. The fourth-order valence-electron chi connectivity index (χ4n) is 5.37. The largest absolute Gasteiger partial charge is 0.444 e. The van der Waals surface area contributed by atoms with Crippen LogP contribution in [0.25, 0.3) is 10.9 Å². The van der Waals surface area contributed by atoms with Gasteiger partial charge in [-0.3, -0.25) is 24.2 Å². The lowest BCUT2D eigenvalue weighted by atomic mass is 10.0. The molecule has 0 spiro atoms. The van der Waals surface area contributed by atoms with Crippen molar-refractivity contribution in [2.75, 3.05) is 38.1 Å². The van der Waals surface area contributed by atoms with Crippen LogP contribution >= 0.6 is 0 Å². The number of alkyl carbamates (subject to hydrolysis) is 2. The Morgan fingerprint density at radius 1 is 0.780 bits per heavy atom. The Bertz CT molecular complexity index is 1900. The van der Waals surface area contributed by atoms with Crippen molar-refractivity contribution >= 4 is 52.4 Å². The number of hydrogen-bond acceptors (Lipinski definition) is 10. The van der Waals surface area contributed by atoms with E-state index in [9.17, 15) is 47.0 Å². The predicted molar refractivity (Wildman–Crippen MR) is 211 cm³/mol. The summed E-state index contributed by atoms with van der Waals surface area (Å²) in [6.07, 6.45) is -6.19. The van der Waals surface area contributed by atoms with E-state index in [1.807, 2.05) is 0 Å². The summed E-state index contributed by atoms with van der Waals surface area (Å²) < 4.78 is 50.4. The maximum absolute atomic E-state index is 14.0. The molecule has 0 aliphatic rings. The highest BCUT2D eigenvalue weighted by atomic mass is 19.4. The van der Waals surface area contributed by atoms with E-state index in [1.165, 1.54) is 11.1 Å². The molecule has 0 saturated heterocycles. The van der Waals surface area contributed by atoms with Gasteiger partial charge in [-0.25, -0.2) is 9.59 Å². The van der Waals surface area contributed by atoms with Crippen molar-refractivity contribution in [1.29, 1.82) is 0 Å². The number of fused-ring (bicyclic) bond motifs is 1. The molecule has 0 aliphatic carbocycles. The van der Waals surface area contributed by atoms with Crippen LogP contribution in [0.15, 0.2) is 60.8 Å². The summed E-state index contributed by atoms with van der Waals surface area (Å²) in [5, 5.41) is 22.7. The second-order valence-electron chi connectivity index (χ2n) is 15.4. The second-order valence-corrected chi connectivity index (χ2v) is 15.4. The molecule has 6 amide bonds. The number of anilines is 1. The maximum Gasteiger partial charge on any atom is 0.416 e. The summed E-state index contributed by atoms with van der Waals surface area (Å²) in [5.41, 5.74) is -1.41. The Balaban J connectivity index is 1.89. The first-order chi connectivity index (χ1) is 27.5. The van der Waals surface area contributed by atoms with Gasteiger partial charge >= 0.3 is 18.4 Å². The fraction of sp³-hybridized carbons (Fsp3) is 0.475. The van der Waals surface area contributed by atoms with Gasteiger partial charge in [0.05, 0.1) is 36.0 Å². The summed E-state index contributed by atoms with van der Waals surface area (Å²) in [4.78, 5) is 84.5. The second kappa shape index (κ2) is 21.1. The van der Waals surface area contributed by atoms with Crippen LogP contribution in [0.1, 0.15) is 65.5 Å². The number of benzene rings is 2. The van der Waals surface area contributed by atoms with Crippen LogP contribution in [0.2, 0.25) is 0 Å². The topological polar surface area (TPSA) is 217 Å². The van der Waals surface area contributed by atoms with E-state index in [-0.39, 0.29) is 43.9 Å². The number of halogens is 3. The van der Waals surface area contributed by atoms with Crippen LogP contribution in [0.3, 0.4) is 0 Å². The van der Waals surface area contributed by atoms with Crippen molar-refractivity contribution in [3.05, 3.63) is 71.9 Å². The van der Waals surface area contributed by atoms with E-state index in [0.717, 1.165) is 24.3 Å². The molecule has 0 unspecified atom stereocenters. The van der Waals surface area contributed by atoms with Gasteiger partial charge in [0.2, 0.25) is 23.6 Å². The van der Waals surface area contributed by atoms with Crippen molar-refractivity contribution in [3.63, 3.8) is 0 Å². The van der Waals surface area contributed by atoms with Crippen LogP contribution in [-0.2, 0) is 41.2 Å². The Hall–Kier alpha value is -5.98. The Labute approximate surface area is 340 Å². The highest BCUT2D eigenvalue weighted by Crippen LogP contribution is 2.29. The van der Waals surface area contributed by atoms with Crippen molar-refractivity contribution in [1.82, 2.24) is 31.2 Å². The molecule has 59 heavy (non-hydrogen) atoms. The van der Waals surface area contributed by atoms with Gasteiger partial charge in [0, 0.05) is 44.4 Å². The zero-order chi connectivity index (χ0) is 44.0. The van der Waals surface area contributed by atoms with Crippen LogP contribution in [-0.4, -0.2) is 107 Å². The first kappa shape index (κ1) is 47.4. The smallest absolute Gasteiger partial charge is 0.416 e. The highest BCUT2D eigenvalue weighted by Gasteiger charge is 2.32. The van der Waals surface area contributed by atoms with Crippen molar-refractivity contribution in [3.8, 4) is 0 Å². The molecule has 2 aromatic carbocycles. The minimum Gasteiger partial charge on any atom is -0.444 e. The molecular weight excluding hydrogens is 779 g/mol. The molecule has 0 saturated carbocycles. The number of carbonyl (C=O) groups excluding carboxylic acids is 6. The molecule has 2 atom stereocenters. The number of alkyl halides is 3. The molecule has 0 fully saturated rings. The molecular formula is C40H52F3N7O9. The molecule has 322 valence electrons. The van der Waals surface area contributed by atoms with E-state index in [4.69, 9.17) is 9.47 Å². The molecule has 3 rings (SSSR count).